The number of methoxy groups -OCH3 is 2. The molecule has 3 nitrogen and oxygen atoms in total. The van der Waals surface area contributed by atoms with Crippen LogP contribution in [0.15, 0.2) is 24.5 Å². The minimum absolute atomic E-state index is 0.0901. The van der Waals surface area contributed by atoms with Gasteiger partial charge in [0.2, 0.25) is 0 Å². The van der Waals surface area contributed by atoms with Crippen LogP contribution in [-0.4, -0.2) is 20.2 Å². The van der Waals surface area contributed by atoms with Crippen molar-refractivity contribution in [1.82, 2.24) is 0 Å². The fraction of sp³-hybridized carbons (Fsp3) is 0.615. The van der Waals surface area contributed by atoms with E-state index in [0.29, 0.717) is 5.92 Å². The zero-order valence-corrected chi connectivity index (χ0v) is 9.86. The second kappa shape index (κ2) is 3.96. The fourth-order valence-electron chi connectivity index (χ4n) is 3.02. The summed E-state index contributed by atoms with van der Waals surface area (Å²) >= 11 is 0. The molecule has 0 spiro atoms. The Morgan fingerprint density at radius 2 is 2.38 bits per heavy atom. The molecular weight excluding hydrogens is 204 g/mol. The highest BCUT2D eigenvalue weighted by Crippen LogP contribution is 2.53. The number of hydrogen-bond donors (Lipinski definition) is 0. The van der Waals surface area contributed by atoms with Gasteiger partial charge in [-0.25, -0.2) is 0 Å². The van der Waals surface area contributed by atoms with Gasteiger partial charge in [0.15, 0.2) is 0 Å². The van der Waals surface area contributed by atoms with Gasteiger partial charge >= 0.3 is 5.97 Å². The van der Waals surface area contributed by atoms with Crippen molar-refractivity contribution in [3.63, 3.8) is 0 Å². The van der Waals surface area contributed by atoms with E-state index in [1.54, 1.807) is 7.11 Å². The van der Waals surface area contributed by atoms with Crippen molar-refractivity contribution in [1.29, 1.82) is 0 Å². The topological polar surface area (TPSA) is 35.5 Å². The zero-order chi connectivity index (χ0) is 11.8. The first-order chi connectivity index (χ1) is 7.66. The van der Waals surface area contributed by atoms with Gasteiger partial charge in [-0.1, -0.05) is 6.08 Å². The van der Waals surface area contributed by atoms with Crippen LogP contribution < -0.4 is 0 Å². The zero-order valence-electron chi connectivity index (χ0n) is 9.86. The van der Waals surface area contributed by atoms with Crippen LogP contribution in [0.5, 0.6) is 0 Å². The van der Waals surface area contributed by atoms with Gasteiger partial charge in [0.1, 0.15) is 0 Å². The highest BCUT2D eigenvalue weighted by molar-refractivity contribution is 5.75. The number of allylic oxidation sites excluding steroid dienone is 3. The largest absolute Gasteiger partial charge is 0.501 e. The fourth-order valence-corrected chi connectivity index (χ4v) is 3.02. The first kappa shape index (κ1) is 11.2. The first-order valence-corrected chi connectivity index (χ1v) is 5.65. The van der Waals surface area contributed by atoms with Gasteiger partial charge in [-0.15, -0.1) is 6.58 Å². The molecule has 1 fully saturated rings. The molecule has 88 valence electrons. The molecule has 0 saturated heterocycles. The first-order valence-electron chi connectivity index (χ1n) is 5.65. The lowest BCUT2D eigenvalue weighted by Gasteiger charge is -2.46. The molecule has 3 aliphatic rings. The summed E-state index contributed by atoms with van der Waals surface area (Å²) in [6.45, 7) is 3.88. The molecule has 1 saturated carbocycles. The van der Waals surface area contributed by atoms with Crippen LogP contribution in [0.1, 0.15) is 19.3 Å². The van der Waals surface area contributed by atoms with Crippen molar-refractivity contribution in [2.24, 2.45) is 17.3 Å². The average molecular weight is 222 g/mol. The predicted octanol–water partition coefficient (Wildman–Crippen LogP) is 2.29. The van der Waals surface area contributed by atoms with Crippen LogP contribution in [-0.2, 0) is 14.3 Å². The lowest BCUT2D eigenvalue weighted by molar-refractivity contribution is -0.151. The van der Waals surface area contributed by atoms with Gasteiger partial charge < -0.3 is 9.47 Å². The number of carbonyl (C=O) groups is 1. The van der Waals surface area contributed by atoms with E-state index in [0.717, 1.165) is 25.0 Å². The lowest BCUT2D eigenvalue weighted by Crippen LogP contribution is -2.43. The Morgan fingerprint density at radius 1 is 1.62 bits per heavy atom. The van der Waals surface area contributed by atoms with E-state index in [1.807, 2.05) is 6.08 Å². The summed E-state index contributed by atoms with van der Waals surface area (Å²) in [4.78, 5) is 11.8. The highest BCUT2D eigenvalue weighted by atomic mass is 16.5. The smallest absolute Gasteiger partial charge is 0.309 e. The minimum Gasteiger partial charge on any atom is -0.501 e. The Hall–Kier alpha value is -1.25. The minimum atomic E-state index is -0.257. The summed E-state index contributed by atoms with van der Waals surface area (Å²) in [6, 6.07) is 0. The van der Waals surface area contributed by atoms with Crippen molar-refractivity contribution in [2.45, 2.75) is 19.3 Å². The molecule has 3 rings (SSSR count). The maximum atomic E-state index is 11.8. The van der Waals surface area contributed by atoms with Gasteiger partial charge in [-0.2, -0.15) is 0 Å². The third-order valence-electron chi connectivity index (χ3n) is 4.01. The van der Waals surface area contributed by atoms with Crippen LogP contribution in [0.2, 0.25) is 0 Å². The molecule has 0 heterocycles. The number of esters is 1. The Labute approximate surface area is 96.1 Å². The van der Waals surface area contributed by atoms with Crippen molar-refractivity contribution >= 4 is 5.97 Å². The second-order valence-corrected chi connectivity index (χ2v) is 4.61. The van der Waals surface area contributed by atoms with E-state index in [9.17, 15) is 4.79 Å². The molecular formula is C13H18O3. The van der Waals surface area contributed by atoms with E-state index >= 15 is 0 Å². The molecule has 0 aliphatic heterocycles. The van der Waals surface area contributed by atoms with Crippen molar-refractivity contribution in [2.75, 3.05) is 14.2 Å². The molecule has 0 unspecified atom stereocenters. The van der Waals surface area contributed by atoms with Crippen molar-refractivity contribution in [3.05, 3.63) is 24.5 Å². The lowest BCUT2D eigenvalue weighted by atomic mass is 9.58. The Morgan fingerprint density at radius 3 is 2.94 bits per heavy atom. The summed E-state index contributed by atoms with van der Waals surface area (Å²) in [5.74, 6) is 1.16. The van der Waals surface area contributed by atoms with E-state index in [2.05, 4.69) is 12.7 Å². The standard InChI is InChI=1S/C13H18O3/c1-4-13-6-5-9(11(8-13)15-2)7-10(13)12(14)16-3/h4,8-10H,1,5-7H2,2-3H3/t9-,10-,13-/m0/s1. The highest BCUT2D eigenvalue weighted by Gasteiger charge is 2.50. The number of rotatable bonds is 3. The van der Waals surface area contributed by atoms with Crippen LogP contribution in [0.25, 0.3) is 0 Å². The van der Waals surface area contributed by atoms with Crippen LogP contribution in [0.3, 0.4) is 0 Å². The summed E-state index contributed by atoms with van der Waals surface area (Å²) in [6.07, 6.45) is 6.80. The summed E-state index contributed by atoms with van der Waals surface area (Å²) in [5, 5.41) is 0. The molecule has 0 N–H and O–H groups in total. The molecule has 3 atom stereocenters. The quantitative estimate of drug-likeness (QED) is 0.543. The molecule has 3 aliphatic carbocycles. The molecule has 0 radical (unpaired) electrons. The number of fused-ring (bicyclic) bond motifs is 2. The average Bonchev–Trinajstić information content (AvgIpc) is 2.37. The predicted molar refractivity (Wildman–Crippen MR) is 60.6 cm³/mol. The number of ether oxygens (including phenoxy) is 2. The van der Waals surface area contributed by atoms with Gasteiger partial charge in [0.25, 0.3) is 0 Å². The van der Waals surface area contributed by atoms with Gasteiger partial charge in [-0.05, 0) is 25.3 Å². The molecule has 3 heteroatoms. The van der Waals surface area contributed by atoms with Gasteiger partial charge in [0.05, 0.1) is 25.9 Å². The van der Waals surface area contributed by atoms with Crippen molar-refractivity contribution in [3.8, 4) is 0 Å². The Bertz CT molecular complexity index is 345. The van der Waals surface area contributed by atoms with Crippen LogP contribution in [0.4, 0.5) is 0 Å². The second-order valence-electron chi connectivity index (χ2n) is 4.61. The molecule has 16 heavy (non-hydrogen) atoms. The summed E-state index contributed by atoms with van der Waals surface area (Å²) in [5.41, 5.74) is -0.257. The van der Waals surface area contributed by atoms with E-state index in [-0.39, 0.29) is 17.3 Å². The molecule has 0 amide bonds. The monoisotopic (exact) mass is 222 g/mol. The number of carbonyl (C=O) groups excluding carboxylic acids is 1. The third-order valence-corrected chi connectivity index (χ3v) is 4.01. The maximum absolute atomic E-state index is 11.8. The van der Waals surface area contributed by atoms with Gasteiger partial charge in [-0.3, -0.25) is 4.79 Å². The molecule has 2 bridgehead atoms. The normalized spacial score (nSPS) is 36.5. The molecule has 0 aromatic carbocycles. The number of hydrogen-bond acceptors (Lipinski definition) is 3. The summed E-state index contributed by atoms with van der Waals surface area (Å²) < 4.78 is 10.3. The Balaban J connectivity index is 2.37. The SMILES string of the molecule is C=C[C@@]12C=C(OC)[C@@H](CC1)C[C@H]2C(=O)OC. The Kier molecular flexibility index (Phi) is 2.78. The van der Waals surface area contributed by atoms with Crippen molar-refractivity contribution < 1.29 is 14.3 Å². The van der Waals surface area contributed by atoms with Gasteiger partial charge in [0, 0.05) is 11.3 Å². The molecule has 0 aromatic heterocycles. The maximum Gasteiger partial charge on any atom is 0.309 e. The third kappa shape index (κ3) is 1.46. The van der Waals surface area contributed by atoms with E-state index < -0.39 is 0 Å². The van der Waals surface area contributed by atoms with E-state index in [4.69, 9.17) is 9.47 Å². The van der Waals surface area contributed by atoms with Crippen LogP contribution in [0, 0.1) is 17.3 Å². The summed E-state index contributed by atoms with van der Waals surface area (Å²) in [7, 11) is 3.14. The molecule has 0 aromatic rings. The van der Waals surface area contributed by atoms with E-state index in [1.165, 1.54) is 7.11 Å². The van der Waals surface area contributed by atoms with Crippen LogP contribution >= 0.6 is 0 Å².